The number of hydrogen-bond donors (Lipinski definition) is 2. The van der Waals surface area contributed by atoms with Gasteiger partial charge in [0.1, 0.15) is 0 Å². The predicted molar refractivity (Wildman–Crippen MR) is 103 cm³/mol. The lowest BCUT2D eigenvalue weighted by Gasteiger charge is -2.33. The van der Waals surface area contributed by atoms with E-state index in [0.717, 1.165) is 34.6 Å². The van der Waals surface area contributed by atoms with Crippen molar-refractivity contribution in [3.05, 3.63) is 59.7 Å². The van der Waals surface area contributed by atoms with Crippen molar-refractivity contribution < 1.29 is 0 Å². The molecule has 23 heavy (non-hydrogen) atoms. The van der Waals surface area contributed by atoms with E-state index in [4.69, 9.17) is 12.8 Å². The first kappa shape index (κ1) is 16.7. The van der Waals surface area contributed by atoms with Crippen molar-refractivity contribution in [1.29, 1.82) is 0 Å². The van der Waals surface area contributed by atoms with Crippen LogP contribution < -0.4 is 9.96 Å². The van der Waals surface area contributed by atoms with Crippen molar-refractivity contribution in [3.8, 4) is 24.7 Å². The summed E-state index contributed by atoms with van der Waals surface area (Å²) in [5.41, 5.74) is 4.00. The minimum atomic E-state index is -1.88. The van der Waals surface area contributed by atoms with Crippen LogP contribution in [-0.4, -0.2) is 8.40 Å². The van der Waals surface area contributed by atoms with Crippen LogP contribution >= 0.6 is 0 Å². The van der Waals surface area contributed by atoms with E-state index in [9.17, 15) is 0 Å². The highest BCUT2D eigenvalue weighted by Crippen LogP contribution is 2.23. The van der Waals surface area contributed by atoms with E-state index in [1.54, 1.807) is 0 Å². The molecule has 2 rings (SSSR count). The monoisotopic (exact) mass is 318 g/mol. The van der Waals surface area contributed by atoms with Gasteiger partial charge in [-0.2, -0.15) is 0 Å². The summed E-state index contributed by atoms with van der Waals surface area (Å²) >= 11 is 0. The average Bonchev–Trinajstić information content (AvgIpc) is 2.62. The van der Waals surface area contributed by atoms with Crippen molar-refractivity contribution in [2.24, 2.45) is 0 Å². The maximum absolute atomic E-state index is 5.42. The van der Waals surface area contributed by atoms with Gasteiger partial charge in [0, 0.05) is 22.5 Å². The summed E-state index contributed by atoms with van der Waals surface area (Å²) in [6.45, 7) is 4.45. The molecule has 0 spiro atoms. The summed E-state index contributed by atoms with van der Waals surface area (Å²) in [5, 5.41) is 0. The van der Waals surface area contributed by atoms with Gasteiger partial charge < -0.3 is 9.96 Å². The summed E-state index contributed by atoms with van der Waals surface area (Å²) < 4.78 is 0. The molecule has 0 bridgehead atoms. The van der Waals surface area contributed by atoms with Crippen LogP contribution in [0.2, 0.25) is 12.1 Å². The lowest BCUT2D eigenvalue weighted by atomic mass is 10.2. The summed E-state index contributed by atoms with van der Waals surface area (Å²) in [6.07, 6.45) is 10.8. The van der Waals surface area contributed by atoms with Gasteiger partial charge in [-0.3, -0.25) is 0 Å². The van der Waals surface area contributed by atoms with E-state index in [-0.39, 0.29) is 0 Å². The molecular weight excluding hydrogens is 296 g/mol. The van der Waals surface area contributed by atoms with Gasteiger partial charge in [-0.15, -0.1) is 12.8 Å². The third-order valence-corrected chi connectivity index (χ3v) is 8.03. The largest absolute Gasteiger partial charge is 0.394 e. The zero-order valence-electron chi connectivity index (χ0n) is 13.7. The van der Waals surface area contributed by atoms with Crippen molar-refractivity contribution in [3.63, 3.8) is 0 Å². The number of benzene rings is 2. The topological polar surface area (TPSA) is 24.1 Å². The lowest BCUT2D eigenvalue weighted by Crippen LogP contribution is -2.51. The normalized spacial score (nSPS) is 10.4. The number of terminal acetylenes is 2. The Morgan fingerprint density at radius 3 is 1.35 bits per heavy atom. The van der Waals surface area contributed by atoms with E-state index in [1.165, 1.54) is 0 Å². The number of hydrogen-bond acceptors (Lipinski definition) is 2. The van der Waals surface area contributed by atoms with Crippen molar-refractivity contribution >= 4 is 19.8 Å². The summed E-state index contributed by atoms with van der Waals surface area (Å²) in [4.78, 5) is 7.48. The first-order chi connectivity index (χ1) is 11.1. The molecule has 0 radical (unpaired) electrons. The van der Waals surface area contributed by atoms with Crippen LogP contribution in [-0.2, 0) is 0 Å². The van der Waals surface area contributed by atoms with Crippen LogP contribution in [0.1, 0.15) is 25.0 Å². The van der Waals surface area contributed by atoms with E-state index < -0.39 is 8.40 Å². The van der Waals surface area contributed by atoms with Crippen LogP contribution in [0.3, 0.4) is 0 Å². The van der Waals surface area contributed by atoms with Gasteiger partial charge in [-0.1, -0.05) is 25.7 Å². The van der Waals surface area contributed by atoms with Crippen LogP contribution in [0.5, 0.6) is 0 Å². The molecule has 0 fully saturated rings. The molecule has 2 aromatic rings. The van der Waals surface area contributed by atoms with Gasteiger partial charge in [0.05, 0.1) is 0 Å². The SMILES string of the molecule is C#Cc1ccc(N[Si](CC)(CC)Nc2ccc(C#C)cc2)cc1. The first-order valence-electron chi connectivity index (χ1n) is 7.84. The van der Waals surface area contributed by atoms with Crippen LogP contribution in [0.4, 0.5) is 11.4 Å². The minimum Gasteiger partial charge on any atom is -0.394 e. The fraction of sp³-hybridized carbons (Fsp3) is 0.200. The molecule has 116 valence electrons. The highest BCUT2D eigenvalue weighted by atomic mass is 28.3. The maximum atomic E-state index is 5.42. The van der Waals surface area contributed by atoms with Crippen molar-refractivity contribution in [2.45, 2.75) is 25.9 Å². The molecule has 3 heteroatoms. The Kier molecular flexibility index (Phi) is 5.52. The second-order valence-corrected chi connectivity index (χ2v) is 9.56. The van der Waals surface area contributed by atoms with Gasteiger partial charge in [0.25, 0.3) is 8.40 Å². The number of nitrogens with one attached hydrogen (secondary N) is 2. The molecule has 2 N–H and O–H groups in total. The Balaban J connectivity index is 2.20. The highest BCUT2D eigenvalue weighted by molar-refractivity contribution is 6.85. The molecular formula is C20H22N2Si. The third kappa shape index (κ3) is 4.19. The van der Waals surface area contributed by atoms with Crippen molar-refractivity contribution in [1.82, 2.24) is 0 Å². The molecule has 0 heterocycles. The maximum Gasteiger partial charge on any atom is 0.258 e. The van der Waals surface area contributed by atoms with Gasteiger partial charge >= 0.3 is 0 Å². The Bertz CT molecular complexity index is 653. The van der Waals surface area contributed by atoms with Crippen LogP contribution in [0.25, 0.3) is 0 Å². The van der Waals surface area contributed by atoms with Gasteiger partial charge in [-0.05, 0) is 60.6 Å². The number of anilines is 2. The first-order valence-corrected chi connectivity index (χ1v) is 10.3. The Morgan fingerprint density at radius 2 is 1.09 bits per heavy atom. The fourth-order valence-electron chi connectivity index (χ4n) is 2.49. The molecule has 0 atom stereocenters. The van der Waals surface area contributed by atoms with E-state index in [1.807, 2.05) is 48.5 Å². The number of rotatable bonds is 6. The highest BCUT2D eigenvalue weighted by Gasteiger charge is 2.30. The summed E-state index contributed by atoms with van der Waals surface area (Å²) in [7, 11) is -1.88. The quantitative estimate of drug-likeness (QED) is 0.598. The van der Waals surface area contributed by atoms with Crippen molar-refractivity contribution in [2.75, 3.05) is 9.96 Å². The van der Waals surface area contributed by atoms with Crippen LogP contribution in [0.15, 0.2) is 48.5 Å². The molecule has 0 saturated carbocycles. The van der Waals surface area contributed by atoms with Gasteiger partial charge in [0.15, 0.2) is 0 Å². The standard InChI is InChI=1S/C20H22N2Si/c1-5-17-9-13-19(14-10-17)21-23(7-3,8-4)22-20-15-11-18(6-2)12-16-20/h1-2,9-16,21-22H,7-8H2,3-4H3. The van der Waals surface area contributed by atoms with Gasteiger partial charge in [-0.25, -0.2) is 0 Å². The molecule has 0 saturated heterocycles. The zero-order chi connectivity index (χ0) is 16.7. The van der Waals surface area contributed by atoms with Crippen LogP contribution in [0, 0.1) is 24.7 Å². The van der Waals surface area contributed by atoms with E-state index in [0.29, 0.717) is 0 Å². The molecule has 2 nitrogen and oxygen atoms in total. The minimum absolute atomic E-state index is 0.897. The second kappa shape index (κ2) is 7.58. The Hall–Kier alpha value is -2.62. The average molecular weight is 318 g/mol. The zero-order valence-corrected chi connectivity index (χ0v) is 14.7. The Labute approximate surface area is 140 Å². The second-order valence-electron chi connectivity index (χ2n) is 5.48. The molecule has 2 aromatic carbocycles. The molecule has 0 aliphatic carbocycles. The fourth-order valence-corrected chi connectivity index (χ4v) is 5.20. The lowest BCUT2D eigenvalue weighted by molar-refractivity contribution is 1.23. The molecule has 0 aliphatic heterocycles. The van der Waals surface area contributed by atoms with E-state index >= 15 is 0 Å². The predicted octanol–water partition coefficient (Wildman–Crippen LogP) is 4.66. The summed E-state index contributed by atoms with van der Waals surface area (Å²) in [6, 6.07) is 18.2. The molecule has 0 unspecified atom stereocenters. The van der Waals surface area contributed by atoms with Gasteiger partial charge in [0.2, 0.25) is 0 Å². The smallest absolute Gasteiger partial charge is 0.258 e. The molecule has 0 aromatic heterocycles. The molecule has 0 amide bonds. The van der Waals surface area contributed by atoms with E-state index in [2.05, 4.69) is 35.7 Å². The summed E-state index contributed by atoms with van der Waals surface area (Å²) in [5.74, 6) is 5.29. The third-order valence-electron chi connectivity index (χ3n) is 4.08. The Morgan fingerprint density at radius 1 is 0.739 bits per heavy atom. The molecule has 0 aliphatic rings.